The second kappa shape index (κ2) is 9.14. The molecular weight excluding hydrogens is 143 g/mol. The first-order valence-electron chi connectivity index (χ1n) is 1.82. The summed E-state index contributed by atoms with van der Waals surface area (Å²) < 4.78 is 4.52. The molecule has 0 amide bonds. The third-order valence-corrected chi connectivity index (χ3v) is 1.47. The molecule has 4 heteroatoms. The predicted octanol–water partition coefficient (Wildman–Crippen LogP) is -2.03. The summed E-state index contributed by atoms with van der Waals surface area (Å²) in [7, 11) is -0.924. The van der Waals surface area contributed by atoms with Crippen LogP contribution in [-0.2, 0) is 4.43 Å². The Morgan fingerprint density at radius 2 is 1.33 bits per heavy atom. The van der Waals surface area contributed by atoms with Crippen molar-refractivity contribution in [1.29, 1.82) is 0 Å². The summed E-state index contributed by atoms with van der Waals surface area (Å²) in [5.41, 5.74) is 0. The van der Waals surface area contributed by atoms with Crippen molar-refractivity contribution < 1.29 is 38.8 Å². The van der Waals surface area contributed by atoms with E-state index in [1.807, 2.05) is 0 Å². The summed E-state index contributed by atoms with van der Waals surface area (Å²) in [5, 5.41) is 0. The van der Waals surface area contributed by atoms with Gasteiger partial charge in [0, 0.05) is 7.11 Å². The van der Waals surface area contributed by atoms with Crippen molar-refractivity contribution in [3.05, 3.63) is 0 Å². The van der Waals surface area contributed by atoms with E-state index in [2.05, 4.69) is 4.43 Å². The predicted molar refractivity (Wildman–Crippen MR) is 38.0 cm³/mol. The van der Waals surface area contributed by atoms with Crippen LogP contribution in [0.15, 0.2) is 0 Å². The van der Waals surface area contributed by atoms with Gasteiger partial charge in [-0.25, -0.2) is 0 Å². The first kappa shape index (κ1) is 22.5. The summed E-state index contributed by atoms with van der Waals surface area (Å²) in [6.45, 7) is 3.21. The second-order valence-electron chi connectivity index (χ2n) is 1.60. The maximum absolute atomic E-state index is 10.4. The molecule has 0 heterocycles. The first-order chi connectivity index (χ1) is 2.56. The first-order valence-corrected chi connectivity index (χ1v) is 4.63. The Morgan fingerprint density at radius 1 is 1.22 bits per heavy atom. The van der Waals surface area contributed by atoms with Crippen LogP contribution in [0.4, 0.5) is 0 Å². The maximum Gasteiger partial charge on any atom is 1.00 e. The average Bonchev–Trinajstić information content (AvgIpc) is 1.35. The van der Waals surface area contributed by atoms with Crippen LogP contribution in [0.3, 0.4) is 0 Å². The minimum Gasteiger partial charge on any atom is -0.838 e. The Bertz CT molecular complexity index is 44.7. The molecule has 0 aromatic heterocycles. The Labute approximate surface area is 82.2 Å². The molecule has 0 fully saturated rings. The fourth-order valence-electron chi connectivity index (χ4n) is 0. The molecule has 0 aromatic carbocycles. The zero-order valence-electron chi connectivity index (χ0n) is 5.32. The molecule has 9 heavy (non-hydrogen) atoms. The van der Waals surface area contributed by atoms with Crippen molar-refractivity contribution in [3.63, 3.8) is 0 Å². The van der Waals surface area contributed by atoms with Gasteiger partial charge in [0.15, 0.2) is 0 Å². The molecule has 0 aliphatic rings. The molecule has 0 radical (unpaired) electrons. The van der Waals surface area contributed by atoms with Gasteiger partial charge in [-0.2, -0.15) is 0 Å². The molecule has 0 aliphatic carbocycles. The van der Waals surface area contributed by atoms with E-state index in [9.17, 15) is 4.80 Å². The average molecular weight is 160 g/mol. The second-order valence-corrected chi connectivity index (χ2v) is 4.81. The van der Waals surface area contributed by atoms with Gasteiger partial charge < -0.3 is 9.22 Å². The number of hydrogen-bond donors (Lipinski definition) is 0. The van der Waals surface area contributed by atoms with Gasteiger partial charge in [0.25, 0.3) is 0 Å². The molecule has 0 atom stereocenters. The molecule has 0 rings (SSSR count). The quantitative estimate of drug-likeness (QED) is 0.414. The fraction of sp³-hybridized carbons (Fsp3) is 1.00. The van der Waals surface area contributed by atoms with Gasteiger partial charge in [-0.15, -0.1) is 0 Å². The van der Waals surface area contributed by atoms with E-state index in [-0.39, 0.29) is 44.4 Å². The largest absolute Gasteiger partial charge is 1.00 e. The maximum atomic E-state index is 10.4. The van der Waals surface area contributed by atoms with Crippen LogP contribution >= 0.6 is 0 Å². The van der Waals surface area contributed by atoms with Crippen LogP contribution in [-0.4, -0.2) is 15.7 Å². The number of hydrogen-bond acceptors (Lipinski definition) is 2. The van der Waals surface area contributed by atoms with E-state index in [0.717, 1.165) is 0 Å². The van der Waals surface area contributed by atoms with Crippen LogP contribution in [0.5, 0.6) is 0 Å². The van der Waals surface area contributed by atoms with Crippen molar-refractivity contribution in [3.8, 4) is 0 Å². The molecule has 0 aliphatic heterocycles. The molecule has 0 bridgehead atoms. The van der Waals surface area contributed by atoms with Crippen LogP contribution in [0.2, 0.25) is 13.1 Å². The Morgan fingerprint density at radius 3 is 1.33 bits per heavy atom. The van der Waals surface area contributed by atoms with Crippen LogP contribution in [0.1, 0.15) is 14.9 Å². The molecule has 0 saturated carbocycles. The number of rotatable bonds is 1. The van der Waals surface area contributed by atoms with E-state index in [4.69, 9.17) is 0 Å². The van der Waals surface area contributed by atoms with Crippen LogP contribution in [0.25, 0.3) is 0 Å². The Hall–Kier alpha value is 1.14. The minimum absolute atomic E-state index is 0. The molecule has 54 valence electrons. The zero-order chi connectivity index (χ0) is 5.21. The third-order valence-electron chi connectivity index (χ3n) is 0.492. The van der Waals surface area contributed by atoms with Crippen LogP contribution < -0.4 is 34.4 Å². The third kappa shape index (κ3) is 27.2. The van der Waals surface area contributed by atoms with E-state index in [1.54, 1.807) is 13.1 Å². The van der Waals surface area contributed by atoms with Gasteiger partial charge in [0.1, 0.15) is 0 Å². The summed E-state index contributed by atoms with van der Waals surface area (Å²) >= 11 is 0. The van der Waals surface area contributed by atoms with E-state index in [1.165, 1.54) is 7.11 Å². The van der Waals surface area contributed by atoms with Gasteiger partial charge in [-0.05, 0) is 0 Å². The van der Waals surface area contributed by atoms with Crippen molar-refractivity contribution in [2.45, 2.75) is 27.9 Å². The van der Waals surface area contributed by atoms with Gasteiger partial charge in [-0.3, -0.25) is 0 Å². The van der Waals surface area contributed by atoms with Crippen molar-refractivity contribution in [2.75, 3.05) is 7.11 Å². The summed E-state index contributed by atoms with van der Waals surface area (Å²) in [6, 6.07) is 0. The smallest absolute Gasteiger partial charge is 0.838 e. The van der Waals surface area contributed by atoms with Crippen molar-refractivity contribution in [2.24, 2.45) is 0 Å². The molecule has 2 nitrogen and oxygen atoms in total. The molecular formula is C5H17NaO2Si. The molecule has 0 saturated heterocycles. The zero-order valence-corrected chi connectivity index (χ0v) is 8.32. The van der Waals surface area contributed by atoms with E-state index < -0.39 is 8.56 Å². The summed E-state index contributed by atoms with van der Waals surface area (Å²) in [4.78, 5) is 10.4. The molecule has 0 aromatic rings. The van der Waals surface area contributed by atoms with Gasteiger partial charge in [0.2, 0.25) is 0 Å². The Kier molecular flexibility index (Phi) is 22.8. The topological polar surface area (TPSA) is 32.3 Å². The summed E-state index contributed by atoms with van der Waals surface area (Å²) in [6.07, 6.45) is 0. The van der Waals surface area contributed by atoms with E-state index >= 15 is 0 Å². The molecule has 0 spiro atoms. The van der Waals surface area contributed by atoms with Gasteiger partial charge in [0.05, 0.1) is 8.56 Å². The monoisotopic (exact) mass is 160 g/mol. The standard InChI is InChI=1S/C3H9O2Si.2CH4.Na/c1-5-6(2,3)4;;;/h1-3H3;2*1H4;/q-1;;;+1. The fourth-order valence-corrected chi connectivity index (χ4v) is 0. The molecule has 0 unspecified atom stereocenters. The van der Waals surface area contributed by atoms with Gasteiger partial charge >= 0.3 is 29.6 Å². The van der Waals surface area contributed by atoms with Crippen molar-refractivity contribution >= 4 is 8.56 Å². The van der Waals surface area contributed by atoms with E-state index in [0.29, 0.717) is 0 Å². The minimum atomic E-state index is -2.38. The Balaban J connectivity index is -0.0000000417. The SMILES string of the molecule is C.C.CO[Si](C)(C)[O-].[Na+]. The van der Waals surface area contributed by atoms with Gasteiger partial charge in [-0.1, -0.05) is 27.9 Å². The molecule has 0 N–H and O–H groups in total. The summed E-state index contributed by atoms with van der Waals surface area (Å²) in [5.74, 6) is 0. The van der Waals surface area contributed by atoms with Crippen LogP contribution in [0, 0.1) is 0 Å². The normalized spacial score (nSPS) is 8.00. The van der Waals surface area contributed by atoms with Crippen molar-refractivity contribution in [1.82, 2.24) is 0 Å².